The maximum Gasteiger partial charge on any atom is 0.324 e. The van der Waals surface area contributed by atoms with Gasteiger partial charge in [-0.15, -0.1) is 0 Å². The van der Waals surface area contributed by atoms with Gasteiger partial charge in [0.25, 0.3) is 0 Å². The molecule has 6 nitrogen and oxygen atoms in total. The Hall–Kier alpha value is -1.62. The van der Waals surface area contributed by atoms with Crippen LogP contribution < -0.4 is 0 Å². The largest absolute Gasteiger partial charge is 0.468 e. The van der Waals surface area contributed by atoms with Crippen LogP contribution in [0.5, 0.6) is 0 Å². The van der Waals surface area contributed by atoms with Crippen molar-refractivity contribution >= 4 is 27.6 Å². The molecule has 1 saturated heterocycles. The van der Waals surface area contributed by atoms with E-state index in [0.29, 0.717) is 12.8 Å². The lowest BCUT2D eigenvalue weighted by atomic mass is 10.2. The lowest BCUT2D eigenvalue weighted by Crippen LogP contribution is -2.41. The van der Waals surface area contributed by atoms with Crippen LogP contribution in [0.4, 0.5) is 0 Å². The van der Waals surface area contributed by atoms with Gasteiger partial charge in [-0.05, 0) is 31.0 Å². The smallest absolute Gasteiger partial charge is 0.324 e. The fourth-order valence-corrected chi connectivity index (χ4v) is 4.45. The van der Waals surface area contributed by atoms with E-state index in [1.807, 2.05) is 6.07 Å². The van der Waals surface area contributed by atoms with E-state index in [2.05, 4.69) is 4.74 Å². The van der Waals surface area contributed by atoms with Gasteiger partial charge in [-0.3, -0.25) is 4.79 Å². The zero-order valence-corrected chi connectivity index (χ0v) is 12.8. The van der Waals surface area contributed by atoms with E-state index in [0.717, 1.165) is 4.31 Å². The van der Waals surface area contributed by atoms with Gasteiger partial charge in [-0.2, -0.15) is 9.57 Å². The van der Waals surface area contributed by atoms with E-state index in [-0.39, 0.29) is 22.0 Å². The van der Waals surface area contributed by atoms with Gasteiger partial charge in [0.05, 0.1) is 23.8 Å². The second kappa shape index (κ2) is 6.02. The van der Waals surface area contributed by atoms with Crippen molar-refractivity contribution in [2.45, 2.75) is 23.8 Å². The third kappa shape index (κ3) is 2.88. The standard InChI is InChI=1S/C13H13ClN2O4S/c1-20-13(17)11-3-2-6-16(11)21(18,19)12-7-9(8-15)4-5-10(12)14/h4-5,7,11H,2-3,6H2,1H3. The number of carbonyl (C=O) groups is 1. The van der Waals surface area contributed by atoms with E-state index >= 15 is 0 Å². The van der Waals surface area contributed by atoms with Crippen molar-refractivity contribution < 1.29 is 17.9 Å². The molecule has 21 heavy (non-hydrogen) atoms. The number of nitrogens with zero attached hydrogens (tertiary/aromatic N) is 2. The fourth-order valence-electron chi connectivity index (χ4n) is 2.30. The molecule has 1 unspecified atom stereocenters. The summed E-state index contributed by atoms with van der Waals surface area (Å²) in [5.41, 5.74) is 0.187. The first-order valence-electron chi connectivity index (χ1n) is 6.21. The molecule has 0 amide bonds. The molecule has 0 aliphatic carbocycles. The van der Waals surface area contributed by atoms with E-state index in [1.54, 1.807) is 0 Å². The van der Waals surface area contributed by atoms with Crippen LogP contribution in [-0.2, 0) is 19.6 Å². The monoisotopic (exact) mass is 328 g/mol. The van der Waals surface area contributed by atoms with Crippen molar-refractivity contribution in [2.75, 3.05) is 13.7 Å². The first kappa shape index (κ1) is 15.8. The summed E-state index contributed by atoms with van der Waals surface area (Å²) in [6.45, 7) is 0.217. The number of rotatable bonds is 3. The first-order chi connectivity index (χ1) is 9.91. The molecule has 1 atom stereocenters. The van der Waals surface area contributed by atoms with Gasteiger partial charge in [-0.1, -0.05) is 11.6 Å². The van der Waals surface area contributed by atoms with Crippen molar-refractivity contribution in [3.8, 4) is 6.07 Å². The molecule has 1 heterocycles. The van der Waals surface area contributed by atoms with E-state index in [9.17, 15) is 13.2 Å². The molecule has 0 spiro atoms. The second-order valence-electron chi connectivity index (χ2n) is 4.55. The van der Waals surface area contributed by atoms with Crippen LogP contribution in [-0.4, -0.2) is 38.4 Å². The summed E-state index contributed by atoms with van der Waals surface area (Å²) in [6, 6.07) is 5.03. The molecule has 8 heteroatoms. The Labute approximate surface area is 127 Å². The molecule has 0 bridgehead atoms. The summed E-state index contributed by atoms with van der Waals surface area (Å²) in [5.74, 6) is -0.594. The van der Waals surface area contributed by atoms with Gasteiger partial charge in [0.2, 0.25) is 10.0 Å². The van der Waals surface area contributed by atoms with Crippen LogP contribution in [0.3, 0.4) is 0 Å². The summed E-state index contributed by atoms with van der Waals surface area (Å²) in [6.07, 6.45) is 0.968. The average molecular weight is 329 g/mol. The molecular formula is C13H13ClN2O4S. The topological polar surface area (TPSA) is 87.5 Å². The van der Waals surface area contributed by atoms with Crippen molar-refractivity contribution in [1.82, 2.24) is 4.31 Å². The van der Waals surface area contributed by atoms with Gasteiger partial charge in [-0.25, -0.2) is 8.42 Å². The summed E-state index contributed by atoms with van der Waals surface area (Å²) in [4.78, 5) is 11.5. The minimum atomic E-state index is -3.96. The molecule has 0 radical (unpaired) electrons. The molecule has 1 aromatic carbocycles. The minimum absolute atomic E-state index is 0.0181. The third-order valence-corrected chi connectivity index (χ3v) is 5.71. The SMILES string of the molecule is COC(=O)C1CCCN1S(=O)(=O)c1cc(C#N)ccc1Cl. The third-order valence-electron chi connectivity index (χ3n) is 3.32. The highest BCUT2D eigenvalue weighted by atomic mass is 35.5. The number of carbonyl (C=O) groups excluding carboxylic acids is 1. The fraction of sp³-hybridized carbons (Fsp3) is 0.385. The van der Waals surface area contributed by atoms with Crippen LogP contribution in [0.2, 0.25) is 5.02 Å². The summed E-state index contributed by atoms with van der Waals surface area (Å²) in [7, 11) is -2.74. The molecule has 112 valence electrons. The lowest BCUT2D eigenvalue weighted by Gasteiger charge is -2.22. The number of benzene rings is 1. The molecule has 0 saturated carbocycles. The van der Waals surface area contributed by atoms with Crippen LogP contribution in [0, 0.1) is 11.3 Å². The summed E-state index contributed by atoms with van der Waals surface area (Å²) < 4.78 is 31.1. The first-order valence-corrected chi connectivity index (χ1v) is 8.03. The maximum absolute atomic E-state index is 12.7. The van der Waals surface area contributed by atoms with E-state index in [1.165, 1.54) is 25.3 Å². The Bertz CT molecular complexity index is 711. The molecule has 0 aromatic heterocycles. The number of esters is 1. The van der Waals surface area contributed by atoms with Crippen LogP contribution in [0.25, 0.3) is 0 Å². The summed E-state index contributed by atoms with van der Waals surface area (Å²) >= 11 is 5.95. The van der Waals surface area contributed by atoms with E-state index < -0.39 is 22.0 Å². The normalized spacial score (nSPS) is 19.2. The van der Waals surface area contributed by atoms with Gasteiger partial charge in [0.1, 0.15) is 10.9 Å². The highest BCUT2D eigenvalue weighted by Gasteiger charge is 2.40. The van der Waals surface area contributed by atoms with Crippen molar-refractivity contribution in [1.29, 1.82) is 5.26 Å². The van der Waals surface area contributed by atoms with Crippen molar-refractivity contribution in [2.24, 2.45) is 0 Å². The van der Waals surface area contributed by atoms with Gasteiger partial charge in [0.15, 0.2) is 0 Å². The number of methoxy groups -OCH3 is 1. The molecule has 1 aliphatic heterocycles. The zero-order valence-electron chi connectivity index (χ0n) is 11.2. The number of nitriles is 1. The molecule has 1 aromatic rings. The predicted molar refractivity (Wildman–Crippen MR) is 75.1 cm³/mol. The van der Waals surface area contributed by atoms with Gasteiger partial charge in [0, 0.05) is 6.54 Å². The maximum atomic E-state index is 12.7. The molecular weight excluding hydrogens is 316 g/mol. The number of sulfonamides is 1. The Morgan fingerprint density at radius 1 is 1.52 bits per heavy atom. The Balaban J connectivity index is 2.47. The van der Waals surface area contributed by atoms with Crippen LogP contribution in [0.1, 0.15) is 18.4 Å². The Morgan fingerprint density at radius 3 is 2.86 bits per heavy atom. The van der Waals surface area contributed by atoms with Crippen LogP contribution >= 0.6 is 11.6 Å². The highest BCUT2D eigenvalue weighted by Crippen LogP contribution is 2.31. The molecule has 2 rings (SSSR count). The number of ether oxygens (including phenoxy) is 1. The zero-order chi connectivity index (χ0) is 15.6. The molecule has 1 aliphatic rings. The number of halogens is 1. The summed E-state index contributed by atoms with van der Waals surface area (Å²) in [5, 5.41) is 8.90. The predicted octanol–water partition coefficient (Wildman–Crippen LogP) is 1.54. The quantitative estimate of drug-likeness (QED) is 0.785. The highest BCUT2D eigenvalue weighted by molar-refractivity contribution is 7.89. The second-order valence-corrected chi connectivity index (χ2v) is 6.82. The van der Waals surface area contributed by atoms with Crippen molar-refractivity contribution in [3.05, 3.63) is 28.8 Å². The van der Waals surface area contributed by atoms with Crippen molar-refractivity contribution in [3.63, 3.8) is 0 Å². The Kier molecular flexibility index (Phi) is 4.52. The van der Waals surface area contributed by atoms with Crippen LogP contribution in [0.15, 0.2) is 23.1 Å². The average Bonchev–Trinajstić information content (AvgIpc) is 2.97. The Morgan fingerprint density at radius 2 is 2.24 bits per heavy atom. The number of hydrogen-bond donors (Lipinski definition) is 0. The molecule has 1 fully saturated rings. The lowest BCUT2D eigenvalue weighted by molar-refractivity contribution is -0.144. The van der Waals surface area contributed by atoms with Gasteiger partial charge >= 0.3 is 5.97 Å². The van der Waals surface area contributed by atoms with E-state index in [4.69, 9.17) is 16.9 Å². The van der Waals surface area contributed by atoms with Gasteiger partial charge < -0.3 is 4.74 Å². The minimum Gasteiger partial charge on any atom is -0.468 e. The number of hydrogen-bond acceptors (Lipinski definition) is 5. The molecule has 0 N–H and O–H groups in total.